The Bertz CT molecular complexity index is 1150. The number of ether oxygens (including phenoxy) is 3. The summed E-state index contributed by atoms with van der Waals surface area (Å²) in [5.41, 5.74) is 1.79. The number of carbonyl (C=O) groups is 2. The fraction of sp³-hybridized carbons (Fsp3) is 0.310. The molecule has 3 aromatic rings. The van der Waals surface area contributed by atoms with Gasteiger partial charge >= 0.3 is 0 Å². The number of hydrogen-bond donors (Lipinski definition) is 1. The van der Waals surface area contributed by atoms with Crippen molar-refractivity contribution in [3.05, 3.63) is 88.9 Å². The van der Waals surface area contributed by atoms with Crippen molar-refractivity contribution in [2.75, 3.05) is 20.8 Å². The molecule has 37 heavy (non-hydrogen) atoms. The number of methoxy groups -OCH3 is 2. The summed E-state index contributed by atoms with van der Waals surface area (Å²) >= 11 is 6.07. The molecule has 0 bridgehead atoms. The maximum atomic E-state index is 13.7. The molecule has 0 heterocycles. The van der Waals surface area contributed by atoms with Crippen LogP contribution in [0.3, 0.4) is 0 Å². The number of benzene rings is 3. The molecular formula is C29H33ClN2O5. The molecular weight excluding hydrogens is 492 g/mol. The van der Waals surface area contributed by atoms with E-state index in [1.54, 1.807) is 49.5 Å². The van der Waals surface area contributed by atoms with E-state index in [-0.39, 0.29) is 31.0 Å². The smallest absolute Gasteiger partial charge is 0.261 e. The van der Waals surface area contributed by atoms with E-state index in [2.05, 4.69) is 5.32 Å². The van der Waals surface area contributed by atoms with Crippen LogP contribution >= 0.6 is 11.6 Å². The van der Waals surface area contributed by atoms with Gasteiger partial charge in [0.25, 0.3) is 5.91 Å². The summed E-state index contributed by atoms with van der Waals surface area (Å²) in [5.74, 6) is 0.930. The first-order chi connectivity index (χ1) is 17.8. The first-order valence-corrected chi connectivity index (χ1v) is 12.4. The summed E-state index contributed by atoms with van der Waals surface area (Å²) in [7, 11) is 3.08. The number of hydrogen-bond acceptors (Lipinski definition) is 5. The molecule has 0 saturated carbocycles. The zero-order chi connectivity index (χ0) is 26.8. The van der Waals surface area contributed by atoms with Crippen molar-refractivity contribution in [3.8, 4) is 17.2 Å². The molecule has 0 aliphatic carbocycles. The van der Waals surface area contributed by atoms with Crippen LogP contribution in [0, 0.1) is 0 Å². The molecule has 2 amide bonds. The lowest BCUT2D eigenvalue weighted by Crippen LogP contribution is -2.52. The Labute approximate surface area is 223 Å². The van der Waals surface area contributed by atoms with Crippen LogP contribution in [0.25, 0.3) is 0 Å². The third kappa shape index (κ3) is 8.43. The predicted molar refractivity (Wildman–Crippen MR) is 144 cm³/mol. The Kier molecular flexibility index (Phi) is 10.2. The van der Waals surface area contributed by atoms with Crippen molar-refractivity contribution in [1.29, 1.82) is 0 Å². The van der Waals surface area contributed by atoms with Gasteiger partial charge in [0.1, 0.15) is 23.3 Å². The fourth-order valence-electron chi connectivity index (χ4n) is 3.81. The lowest BCUT2D eigenvalue weighted by Gasteiger charge is -2.32. The van der Waals surface area contributed by atoms with Crippen LogP contribution in [0.2, 0.25) is 5.02 Å². The minimum atomic E-state index is -0.753. The van der Waals surface area contributed by atoms with E-state index in [9.17, 15) is 9.59 Å². The van der Waals surface area contributed by atoms with Gasteiger partial charge in [-0.25, -0.2) is 0 Å². The Morgan fingerprint density at radius 3 is 2.03 bits per heavy atom. The monoisotopic (exact) mass is 524 g/mol. The maximum Gasteiger partial charge on any atom is 0.261 e. The van der Waals surface area contributed by atoms with Crippen molar-refractivity contribution in [2.45, 2.75) is 38.9 Å². The molecule has 0 radical (unpaired) electrons. The molecule has 3 aromatic carbocycles. The van der Waals surface area contributed by atoms with Gasteiger partial charge in [-0.1, -0.05) is 54.1 Å². The van der Waals surface area contributed by atoms with Gasteiger partial charge in [-0.05, 0) is 37.1 Å². The molecule has 1 N–H and O–H groups in total. The summed E-state index contributed by atoms with van der Waals surface area (Å²) < 4.78 is 16.4. The molecule has 0 fully saturated rings. The predicted octanol–water partition coefficient (Wildman–Crippen LogP) is 4.90. The molecule has 196 valence electrons. The Hall–Kier alpha value is -3.71. The van der Waals surface area contributed by atoms with Gasteiger partial charge in [0.05, 0.1) is 14.2 Å². The van der Waals surface area contributed by atoms with Crippen molar-refractivity contribution < 1.29 is 23.8 Å². The van der Waals surface area contributed by atoms with E-state index >= 15 is 0 Å². The third-order valence-corrected chi connectivity index (χ3v) is 5.91. The van der Waals surface area contributed by atoms with Gasteiger partial charge in [0.15, 0.2) is 6.61 Å². The van der Waals surface area contributed by atoms with Gasteiger partial charge in [0.2, 0.25) is 5.91 Å². The van der Waals surface area contributed by atoms with E-state index in [4.69, 9.17) is 25.8 Å². The van der Waals surface area contributed by atoms with Crippen molar-refractivity contribution in [2.24, 2.45) is 0 Å². The minimum absolute atomic E-state index is 0.0845. The SMILES string of the molecule is COc1cc(OC)cc(OCC(=O)N(Cc2ccc(Cl)cc2)C(Cc2ccccc2)C(=O)NC(C)C)c1. The van der Waals surface area contributed by atoms with Crippen molar-refractivity contribution in [1.82, 2.24) is 10.2 Å². The third-order valence-electron chi connectivity index (χ3n) is 5.66. The highest BCUT2D eigenvalue weighted by molar-refractivity contribution is 6.30. The number of carbonyl (C=O) groups excluding carboxylic acids is 2. The number of rotatable bonds is 12. The molecule has 1 atom stereocenters. The highest BCUT2D eigenvalue weighted by Crippen LogP contribution is 2.27. The average Bonchev–Trinajstić information content (AvgIpc) is 2.90. The van der Waals surface area contributed by atoms with Gasteiger partial charge in [-0.15, -0.1) is 0 Å². The fourth-order valence-corrected chi connectivity index (χ4v) is 3.94. The summed E-state index contributed by atoms with van der Waals surface area (Å²) in [6.45, 7) is 3.72. The Balaban J connectivity index is 1.91. The molecule has 0 aliphatic heterocycles. The lowest BCUT2D eigenvalue weighted by atomic mass is 10.0. The second-order valence-corrected chi connectivity index (χ2v) is 9.29. The Morgan fingerprint density at radius 2 is 1.46 bits per heavy atom. The quantitative estimate of drug-likeness (QED) is 0.364. The number of nitrogens with zero attached hydrogens (tertiary/aromatic N) is 1. The van der Waals surface area contributed by atoms with Crippen LogP contribution in [0.4, 0.5) is 0 Å². The molecule has 3 rings (SSSR count). The van der Waals surface area contributed by atoms with E-state index < -0.39 is 6.04 Å². The summed E-state index contributed by atoms with van der Waals surface area (Å²) in [4.78, 5) is 28.6. The van der Waals surface area contributed by atoms with Gasteiger partial charge < -0.3 is 24.4 Å². The van der Waals surface area contributed by atoms with Gasteiger partial charge in [-0.2, -0.15) is 0 Å². The first-order valence-electron chi connectivity index (χ1n) is 12.0. The molecule has 8 heteroatoms. The van der Waals surface area contributed by atoms with Gasteiger partial charge in [0, 0.05) is 42.2 Å². The van der Waals surface area contributed by atoms with Crippen LogP contribution in [0.15, 0.2) is 72.8 Å². The zero-order valence-electron chi connectivity index (χ0n) is 21.6. The second kappa shape index (κ2) is 13.6. The number of halogens is 1. The summed E-state index contributed by atoms with van der Waals surface area (Å²) in [6.07, 6.45) is 0.353. The van der Waals surface area contributed by atoms with Crippen LogP contribution < -0.4 is 19.5 Å². The van der Waals surface area contributed by atoms with Crippen LogP contribution in [-0.4, -0.2) is 49.6 Å². The van der Waals surface area contributed by atoms with Crippen LogP contribution in [0.5, 0.6) is 17.2 Å². The molecule has 0 aromatic heterocycles. The topological polar surface area (TPSA) is 77.1 Å². The number of nitrogens with one attached hydrogen (secondary N) is 1. The van der Waals surface area contributed by atoms with Crippen LogP contribution in [-0.2, 0) is 22.6 Å². The van der Waals surface area contributed by atoms with E-state index in [0.717, 1.165) is 11.1 Å². The summed E-state index contributed by atoms with van der Waals surface area (Å²) in [6, 6.07) is 21.1. The molecule has 7 nitrogen and oxygen atoms in total. The van der Waals surface area contributed by atoms with E-state index in [0.29, 0.717) is 28.7 Å². The normalized spacial score (nSPS) is 11.5. The minimum Gasteiger partial charge on any atom is -0.496 e. The average molecular weight is 525 g/mol. The maximum absolute atomic E-state index is 13.7. The molecule has 1 unspecified atom stereocenters. The lowest BCUT2D eigenvalue weighted by molar-refractivity contribution is -0.143. The highest BCUT2D eigenvalue weighted by Gasteiger charge is 2.31. The van der Waals surface area contributed by atoms with E-state index in [1.807, 2.05) is 56.3 Å². The molecule has 0 aliphatic rings. The largest absolute Gasteiger partial charge is 0.496 e. The Morgan fingerprint density at radius 1 is 0.865 bits per heavy atom. The first kappa shape index (κ1) is 27.9. The molecule has 0 saturated heterocycles. The summed E-state index contributed by atoms with van der Waals surface area (Å²) in [5, 5.41) is 3.56. The highest BCUT2D eigenvalue weighted by atomic mass is 35.5. The zero-order valence-corrected chi connectivity index (χ0v) is 22.3. The standard InChI is InChI=1S/C29H33ClN2O5/c1-20(2)31-29(34)27(14-21-8-6-5-7-9-21)32(18-22-10-12-23(30)13-11-22)28(33)19-37-26-16-24(35-3)15-25(17-26)36-4/h5-13,15-17,20,27H,14,18-19H2,1-4H3,(H,31,34). The van der Waals surface area contributed by atoms with Crippen LogP contribution in [0.1, 0.15) is 25.0 Å². The second-order valence-electron chi connectivity index (χ2n) is 8.85. The van der Waals surface area contributed by atoms with Crippen molar-refractivity contribution >= 4 is 23.4 Å². The molecule has 0 spiro atoms. The van der Waals surface area contributed by atoms with Gasteiger partial charge in [-0.3, -0.25) is 9.59 Å². The van der Waals surface area contributed by atoms with Crippen molar-refractivity contribution in [3.63, 3.8) is 0 Å². The number of amides is 2. The van der Waals surface area contributed by atoms with E-state index in [1.165, 1.54) is 0 Å².